The normalized spacial score (nSPS) is 15.5. The van der Waals surface area contributed by atoms with E-state index in [1.807, 2.05) is 30.3 Å². The summed E-state index contributed by atoms with van der Waals surface area (Å²) in [5.74, 6) is -1.15. The Bertz CT molecular complexity index is 702. The van der Waals surface area contributed by atoms with Crippen molar-refractivity contribution in [3.8, 4) is 11.5 Å². The summed E-state index contributed by atoms with van der Waals surface area (Å²) in [4.78, 5) is 27.5. The number of benzene rings is 1. The number of hydrogen-bond acceptors (Lipinski definition) is 4. The van der Waals surface area contributed by atoms with Gasteiger partial charge < -0.3 is 14.8 Å². The number of oxazole rings is 1. The van der Waals surface area contributed by atoms with Gasteiger partial charge in [0.15, 0.2) is 0 Å². The minimum absolute atomic E-state index is 0.0568. The minimum atomic E-state index is -1.14. The molecule has 0 aliphatic heterocycles. The van der Waals surface area contributed by atoms with Crippen LogP contribution in [0.3, 0.4) is 0 Å². The first-order valence-corrected chi connectivity index (χ1v) is 6.61. The van der Waals surface area contributed by atoms with E-state index in [0.717, 1.165) is 5.56 Å². The van der Waals surface area contributed by atoms with Gasteiger partial charge in [-0.3, -0.25) is 4.79 Å². The van der Waals surface area contributed by atoms with Gasteiger partial charge in [0.25, 0.3) is 5.91 Å². The van der Waals surface area contributed by atoms with E-state index in [1.54, 1.807) is 6.92 Å². The molecule has 0 spiro atoms. The van der Waals surface area contributed by atoms with Crippen LogP contribution in [0.5, 0.6) is 0 Å². The Morgan fingerprint density at radius 3 is 2.52 bits per heavy atom. The van der Waals surface area contributed by atoms with E-state index < -0.39 is 17.4 Å². The summed E-state index contributed by atoms with van der Waals surface area (Å²) in [6, 6.07) is 9.21. The molecular formula is C15H14N2O4. The first kappa shape index (κ1) is 13.4. The molecule has 1 amide bonds. The fourth-order valence-corrected chi connectivity index (χ4v) is 2.10. The number of hydrogen-bond donors (Lipinski definition) is 2. The lowest BCUT2D eigenvalue weighted by molar-refractivity contribution is -0.140. The molecule has 0 atom stereocenters. The third kappa shape index (κ3) is 2.40. The molecule has 0 unspecified atom stereocenters. The van der Waals surface area contributed by atoms with Gasteiger partial charge in [-0.25, -0.2) is 9.78 Å². The Morgan fingerprint density at radius 1 is 1.29 bits per heavy atom. The molecule has 1 aromatic carbocycles. The molecule has 0 bridgehead atoms. The summed E-state index contributed by atoms with van der Waals surface area (Å²) in [6.45, 7) is 1.66. The molecule has 1 saturated carbocycles. The second kappa shape index (κ2) is 4.73. The lowest BCUT2D eigenvalue weighted by Crippen LogP contribution is -2.43. The summed E-state index contributed by atoms with van der Waals surface area (Å²) >= 11 is 0. The van der Waals surface area contributed by atoms with Crippen LogP contribution in [0.25, 0.3) is 11.5 Å². The van der Waals surface area contributed by atoms with Gasteiger partial charge >= 0.3 is 5.97 Å². The zero-order valence-electron chi connectivity index (χ0n) is 11.4. The minimum Gasteiger partial charge on any atom is -0.480 e. The van der Waals surface area contributed by atoms with Gasteiger partial charge in [0.2, 0.25) is 11.7 Å². The maximum absolute atomic E-state index is 12.2. The Labute approximate surface area is 120 Å². The number of nitrogens with zero attached hydrogens (tertiary/aromatic N) is 1. The van der Waals surface area contributed by atoms with Crippen molar-refractivity contribution in [1.29, 1.82) is 0 Å². The van der Waals surface area contributed by atoms with Crippen LogP contribution in [0.2, 0.25) is 0 Å². The van der Waals surface area contributed by atoms with Gasteiger partial charge in [-0.05, 0) is 31.9 Å². The van der Waals surface area contributed by atoms with Crippen molar-refractivity contribution in [3.05, 3.63) is 41.8 Å². The molecular weight excluding hydrogens is 272 g/mol. The first-order chi connectivity index (χ1) is 10.0. The Balaban J connectivity index is 1.85. The molecule has 0 saturated heterocycles. The maximum Gasteiger partial charge on any atom is 0.329 e. The number of carboxylic acid groups (broad SMARTS) is 1. The van der Waals surface area contributed by atoms with Gasteiger partial charge in [-0.15, -0.1) is 0 Å². The van der Waals surface area contributed by atoms with Gasteiger partial charge in [-0.1, -0.05) is 18.2 Å². The number of amides is 1. The standard InChI is InChI=1S/C15H14N2O4/c1-9-11(12(18)17-15(7-8-15)14(19)20)21-13(16-9)10-5-3-2-4-6-10/h2-6H,7-8H2,1H3,(H,17,18)(H,19,20). The summed E-state index contributed by atoms with van der Waals surface area (Å²) in [5.41, 5.74) is 0.0648. The molecule has 1 aliphatic carbocycles. The van der Waals surface area contributed by atoms with Gasteiger partial charge in [0.1, 0.15) is 5.54 Å². The van der Waals surface area contributed by atoms with Gasteiger partial charge in [0, 0.05) is 5.56 Å². The van der Waals surface area contributed by atoms with Crippen molar-refractivity contribution in [1.82, 2.24) is 10.3 Å². The fraction of sp³-hybridized carbons (Fsp3) is 0.267. The molecule has 21 heavy (non-hydrogen) atoms. The van der Waals surface area contributed by atoms with Crippen molar-refractivity contribution < 1.29 is 19.1 Å². The van der Waals surface area contributed by atoms with E-state index in [9.17, 15) is 9.59 Å². The van der Waals surface area contributed by atoms with E-state index in [4.69, 9.17) is 9.52 Å². The van der Waals surface area contributed by atoms with Gasteiger partial charge in [-0.2, -0.15) is 0 Å². The van der Waals surface area contributed by atoms with Crippen molar-refractivity contribution >= 4 is 11.9 Å². The second-order valence-corrected chi connectivity index (χ2v) is 5.14. The van der Waals surface area contributed by atoms with E-state index in [-0.39, 0.29) is 5.76 Å². The number of aryl methyl sites for hydroxylation is 1. The lowest BCUT2D eigenvalue weighted by atomic mass is 10.2. The molecule has 1 aliphatic rings. The number of carbonyl (C=O) groups is 2. The molecule has 1 fully saturated rings. The van der Waals surface area contributed by atoms with Crippen LogP contribution in [0.1, 0.15) is 29.1 Å². The van der Waals surface area contributed by atoms with Crippen LogP contribution in [0.15, 0.2) is 34.7 Å². The van der Waals surface area contributed by atoms with Crippen LogP contribution >= 0.6 is 0 Å². The first-order valence-electron chi connectivity index (χ1n) is 6.61. The predicted molar refractivity (Wildman–Crippen MR) is 73.7 cm³/mol. The molecule has 6 heteroatoms. The summed E-state index contributed by atoms with van der Waals surface area (Å²) in [6.07, 6.45) is 0.875. The highest BCUT2D eigenvalue weighted by Gasteiger charge is 2.52. The monoisotopic (exact) mass is 286 g/mol. The zero-order valence-corrected chi connectivity index (χ0v) is 11.4. The molecule has 0 radical (unpaired) electrons. The average Bonchev–Trinajstić information content (AvgIpc) is 3.15. The van der Waals surface area contributed by atoms with E-state index in [0.29, 0.717) is 24.4 Å². The second-order valence-electron chi connectivity index (χ2n) is 5.14. The molecule has 2 N–H and O–H groups in total. The van der Waals surface area contributed by atoms with Crippen LogP contribution in [0.4, 0.5) is 0 Å². The Hall–Kier alpha value is -2.63. The fourth-order valence-electron chi connectivity index (χ4n) is 2.10. The molecule has 1 heterocycles. The van der Waals surface area contributed by atoms with Crippen LogP contribution in [-0.4, -0.2) is 27.5 Å². The lowest BCUT2D eigenvalue weighted by Gasteiger charge is -2.10. The number of nitrogens with one attached hydrogen (secondary N) is 1. The zero-order chi connectivity index (χ0) is 15.0. The topological polar surface area (TPSA) is 92.4 Å². The smallest absolute Gasteiger partial charge is 0.329 e. The van der Waals surface area contributed by atoms with Crippen LogP contribution < -0.4 is 5.32 Å². The number of aliphatic carboxylic acids is 1. The Morgan fingerprint density at radius 2 is 1.95 bits per heavy atom. The summed E-state index contributed by atoms with van der Waals surface area (Å²) in [7, 11) is 0. The summed E-state index contributed by atoms with van der Waals surface area (Å²) in [5, 5.41) is 11.6. The van der Waals surface area contributed by atoms with Crippen molar-refractivity contribution in [3.63, 3.8) is 0 Å². The third-order valence-corrected chi connectivity index (χ3v) is 3.54. The van der Waals surface area contributed by atoms with E-state index >= 15 is 0 Å². The Kier molecular flexibility index (Phi) is 3.01. The molecule has 3 rings (SSSR count). The van der Waals surface area contributed by atoms with Crippen molar-refractivity contribution in [2.24, 2.45) is 0 Å². The number of carboxylic acids is 1. The molecule has 1 aromatic heterocycles. The van der Waals surface area contributed by atoms with Crippen LogP contribution in [0, 0.1) is 6.92 Å². The van der Waals surface area contributed by atoms with Crippen molar-refractivity contribution in [2.45, 2.75) is 25.3 Å². The molecule has 2 aromatic rings. The predicted octanol–water partition coefficient (Wildman–Crippen LogP) is 2.00. The van der Waals surface area contributed by atoms with Crippen LogP contribution in [-0.2, 0) is 4.79 Å². The largest absolute Gasteiger partial charge is 0.480 e. The number of carbonyl (C=O) groups excluding carboxylic acids is 1. The number of aromatic nitrogens is 1. The highest BCUT2D eigenvalue weighted by molar-refractivity contribution is 5.97. The average molecular weight is 286 g/mol. The highest BCUT2D eigenvalue weighted by Crippen LogP contribution is 2.36. The van der Waals surface area contributed by atoms with E-state index in [1.165, 1.54) is 0 Å². The highest BCUT2D eigenvalue weighted by atomic mass is 16.4. The molecule has 108 valence electrons. The SMILES string of the molecule is Cc1nc(-c2ccccc2)oc1C(=O)NC1(C(=O)O)CC1. The maximum atomic E-state index is 12.2. The molecule has 6 nitrogen and oxygen atoms in total. The number of rotatable bonds is 4. The van der Waals surface area contributed by atoms with Gasteiger partial charge in [0.05, 0.1) is 5.69 Å². The third-order valence-electron chi connectivity index (χ3n) is 3.54. The van der Waals surface area contributed by atoms with E-state index in [2.05, 4.69) is 10.3 Å². The van der Waals surface area contributed by atoms with Crippen molar-refractivity contribution in [2.75, 3.05) is 0 Å². The summed E-state index contributed by atoms with van der Waals surface area (Å²) < 4.78 is 5.50. The quantitative estimate of drug-likeness (QED) is 0.896.